The first kappa shape index (κ1) is 13.8. The van der Waals surface area contributed by atoms with Crippen LogP contribution in [-0.2, 0) is 0 Å². The SMILES string of the molecule is CC(C)(C/C(=N\O)C(=O)c1ccccc1)[N+](=O)[O-]. The van der Waals surface area contributed by atoms with E-state index in [0.717, 1.165) is 0 Å². The van der Waals surface area contributed by atoms with E-state index in [4.69, 9.17) is 5.21 Å². The highest BCUT2D eigenvalue weighted by Gasteiger charge is 2.35. The fourth-order valence-electron chi connectivity index (χ4n) is 1.39. The molecule has 1 aromatic rings. The fourth-order valence-corrected chi connectivity index (χ4v) is 1.39. The Bertz CT molecular complexity index is 480. The number of rotatable bonds is 5. The lowest BCUT2D eigenvalue weighted by Crippen LogP contribution is -2.36. The third kappa shape index (κ3) is 3.13. The number of hydrogen-bond donors (Lipinski definition) is 1. The average Bonchev–Trinajstić information content (AvgIpc) is 2.36. The van der Waals surface area contributed by atoms with Gasteiger partial charge in [-0.25, -0.2) is 0 Å². The van der Waals surface area contributed by atoms with Crippen molar-refractivity contribution in [2.45, 2.75) is 25.8 Å². The number of nitro groups is 1. The van der Waals surface area contributed by atoms with Gasteiger partial charge in [-0.3, -0.25) is 14.9 Å². The van der Waals surface area contributed by atoms with Gasteiger partial charge in [-0.2, -0.15) is 0 Å². The van der Waals surface area contributed by atoms with Crippen LogP contribution in [0, 0.1) is 10.1 Å². The molecule has 0 bridgehead atoms. The molecule has 96 valence electrons. The van der Waals surface area contributed by atoms with Gasteiger partial charge in [0, 0.05) is 24.3 Å². The molecular weight excluding hydrogens is 236 g/mol. The molecule has 0 fully saturated rings. The predicted molar refractivity (Wildman–Crippen MR) is 65.7 cm³/mol. The molecule has 6 heteroatoms. The van der Waals surface area contributed by atoms with Crippen molar-refractivity contribution in [1.82, 2.24) is 0 Å². The highest BCUT2D eigenvalue weighted by atomic mass is 16.6. The number of benzene rings is 1. The zero-order valence-corrected chi connectivity index (χ0v) is 10.2. The lowest BCUT2D eigenvalue weighted by atomic mass is 9.94. The number of carbonyl (C=O) groups is 1. The van der Waals surface area contributed by atoms with Crippen LogP contribution in [0.4, 0.5) is 0 Å². The van der Waals surface area contributed by atoms with Gasteiger partial charge in [-0.05, 0) is 0 Å². The molecule has 0 saturated carbocycles. The molecule has 0 heterocycles. The van der Waals surface area contributed by atoms with Crippen LogP contribution >= 0.6 is 0 Å². The van der Waals surface area contributed by atoms with Gasteiger partial charge in [0.2, 0.25) is 11.3 Å². The molecule has 18 heavy (non-hydrogen) atoms. The van der Waals surface area contributed by atoms with Crippen molar-refractivity contribution in [1.29, 1.82) is 0 Å². The summed E-state index contributed by atoms with van der Waals surface area (Å²) >= 11 is 0. The van der Waals surface area contributed by atoms with E-state index in [2.05, 4.69) is 5.16 Å². The molecule has 0 aliphatic heterocycles. The molecule has 0 aliphatic carbocycles. The van der Waals surface area contributed by atoms with Crippen LogP contribution in [0.2, 0.25) is 0 Å². The van der Waals surface area contributed by atoms with Crippen LogP contribution in [-0.4, -0.2) is 27.2 Å². The predicted octanol–water partition coefficient (Wildman–Crippen LogP) is 2.14. The van der Waals surface area contributed by atoms with Crippen LogP contribution in [0.5, 0.6) is 0 Å². The van der Waals surface area contributed by atoms with E-state index in [1.807, 2.05) is 0 Å². The van der Waals surface area contributed by atoms with Crippen molar-refractivity contribution in [2.24, 2.45) is 5.16 Å². The zero-order valence-electron chi connectivity index (χ0n) is 10.2. The first-order valence-electron chi connectivity index (χ1n) is 5.33. The van der Waals surface area contributed by atoms with E-state index in [0.29, 0.717) is 5.56 Å². The Morgan fingerprint density at radius 2 is 1.94 bits per heavy atom. The standard InChI is InChI=1S/C12H14N2O4/c1-12(2,14(17)18)8-10(13-16)11(15)9-6-4-3-5-7-9/h3-7,16H,8H2,1-2H3/b13-10+. The summed E-state index contributed by atoms with van der Waals surface area (Å²) < 4.78 is 0. The highest BCUT2D eigenvalue weighted by molar-refractivity contribution is 6.46. The Kier molecular flexibility index (Phi) is 4.14. The molecule has 0 aliphatic rings. The van der Waals surface area contributed by atoms with E-state index >= 15 is 0 Å². The molecule has 0 atom stereocenters. The third-order valence-corrected chi connectivity index (χ3v) is 2.51. The molecule has 1 rings (SSSR count). The smallest absolute Gasteiger partial charge is 0.222 e. The van der Waals surface area contributed by atoms with Gasteiger partial charge in [-0.1, -0.05) is 35.5 Å². The van der Waals surface area contributed by atoms with Gasteiger partial charge in [0.1, 0.15) is 5.71 Å². The Morgan fingerprint density at radius 3 is 2.39 bits per heavy atom. The van der Waals surface area contributed by atoms with E-state index in [1.165, 1.54) is 13.8 Å². The summed E-state index contributed by atoms with van der Waals surface area (Å²) in [5.41, 5.74) is -1.24. The maximum absolute atomic E-state index is 12.0. The number of carbonyl (C=O) groups excluding carboxylic acids is 1. The summed E-state index contributed by atoms with van der Waals surface area (Å²) in [5, 5.41) is 22.5. The van der Waals surface area contributed by atoms with Crippen LogP contribution in [0.25, 0.3) is 0 Å². The molecule has 0 radical (unpaired) electrons. The summed E-state index contributed by atoms with van der Waals surface area (Å²) in [6.45, 7) is 2.74. The minimum Gasteiger partial charge on any atom is -0.411 e. The quantitative estimate of drug-likeness (QED) is 0.285. The van der Waals surface area contributed by atoms with Crippen molar-refractivity contribution >= 4 is 11.5 Å². The highest BCUT2D eigenvalue weighted by Crippen LogP contribution is 2.16. The lowest BCUT2D eigenvalue weighted by Gasteiger charge is -2.15. The average molecular weight is 250 g/mol. The van der Waals surface area contributed by atoms with Crippen molar-refractivity contribution < 1.29 is 14.9 Å². The summed E-state index contributed by atoms with van der Waals surface area (Å²) in [6, 6.07) is 8.20. The first-order chi connectivity index (χ1) is 8.38. The second-order valence-electron chi connectivity index (χ2n) is 4.49. The largest absolute Gasteiger partial charge is 0.411 e. The molecule has 1 N–H and O–H groups in total. The minimum atomic E-state index is -1.36. The lowest BCUT2D eigenvalue weighted by molar-refractivity contribution is -0.558. The monoisotopic (exact) mass is 250 g/mol. The van der Waals surface area contributed by atoms with Gasteiger partial charge in [0.15, 0.2) is 0 Å². The van der Waals surface area contributed by atoms with Gasteiger partial charge in [0.25, 0.3) is 0 Å². The van der Waals surface area contributed by atoms with Crippen LogP contribution < -0.4 is 0 Å². The summed E-state index contributed by atoms with van der Waals surface area (Å²) in [6.07, 6.45) is -0.232. The van der Waals surface area contributed by atoms with E-state index in [1.54, 1.807) is 30.3 Å². The third-order valence-electron chi connectivity index (χ3n) is 2.51. The van der Waals surface area contributed by atoms with Crippen LogP contribution in [0.3, 0.4) is 0 Å². The number of nitrogens with zero attached hydrogens (tertiary/aromatic N) is 2. The van der Waals surface area contributed by atoms with E-state index in [9.17, 15) is 14.9 Å². The Labute approximate surface area is 104 Å². The minimum absolute atomic E-state index is 0.220. The molecule has 0 aromatic heterocycles. The second-order valence-corrected chi connectivity index (χ2v) is 4.49. The van der Waals surface area contributed by atoms with Crippen LogP contribution in [0.15, 0.2) is 35.5 Å². The topological polar surface area (TPSA) is 92.8 Å². The first-order valence-corrected chi connectivity index (χ1v) is 5.33. The van der Waals surface area contributed by atoms with Gasteiger partial charge in [-0.15, -0.1) is 0 Å². The van der Waals surface area contributed by atoms with Crippen molar-refractivity contribution in [2.75, 3.05) is 0 Å². The van der Waals surface area contributed by atoms with Crippen molar-refractivity contribution in [3.8, 4) is 0 Å². The molecular formula is C12H14N2O4. The molecule has 0 spiro atoms. The molecule has 1 aromatic carbocycles. The normalized spacial score (nSPS) is 12.2. The summed E-state index contributed by atoms with van der Waals surface area (Å²) in [5.74, 6) is -0.506. The van der Waals surface area contributed by atoms with Crippen LogP contribution in [0.1, 0.15) is 30.6 Å². The Morgan fingerprint density at radius 1 is 1.39 bits per heavy atom. The number of oxime groups is 1. The molecule has 0 unspecified atom stereocenters. The number of Topliss-reactive ketones (excluding diaryl/α,β-unsaturated/α-hetero) is 1. The maximum atomic E-state index is 12.0. The van der Waals surface area contributed by atoms with Gasteiger partial charge >= 0.3 is 0 Å². The van der Waals surface area contributed by atoms with Gasteiger partial charge in [0.05, 0.1) is 6.42 Å². The number of hydrogen-bond acceptors (Lipinski definition) is 5. The Balaban J connectivity index is 2.94. The van der Waals surface area contributed by atoms with Crippen molar-refractivity contribution in [3.05, 3.63) is 46.0 Å². The maximum Gasteiger partial charge on any atom is 0.222 e. The molecule has 0 amide bonds. The van der Waals surface area contributed by atoms with Crippen molar-refractivity contribution in [3.63, 3.8) is 0 Å². The zero-order chi connectivity index (χ0) is 13.8. The molecule has 6 nitrogen and oxygen atoms in total. The number of ketones is 1. The van der Waals surface area contributed by atoms with E-state index < -0.39 is 16.2 Å². The second kappa shape index (κ2) is 5.39. The van der Waals surface area contributed by atoms with Gasteiger partial charge < -0.3 is 5.21 Å². The molecule has 0 saturated heterocycles. The Hall–Kier alpha value is -2.24. The van der Waals surface area contributed by atoms with E-state index in [-0.39, 0.29) is 12.1 Å². The fraction of sp³-hybridized carbons (Fsp3) is 0.333. The summed E-state index contributed by atoms with van der Waals surface area (Å²) in [7, 11) is 0. The summed E-state index contributed by atoms with van der Waals surface area (Å²) in [4.78, 5) is 22.2.